The van der Waals surface area contributed by atoms with E-state index in [-0.39, 0.29) is 5.24 Å². The maximum Gasteiger partial charge on any atom is 0.223 e. The molecule has 0 spiro atoms. The van der Waals surface area contributed by atoms with E-state index in [0.29, 0.717) is 13.0 Å². The average Bonchev–Trinajstić information content (AvgIpc) is 2.29. The Kier molecular flexibility index (Phi) is 3.09. The molecular formula is C9H13ClN2O. The highest BCUT2D eigenvalue weighted by Gasteiger charge is 2.07. The lowest BCUT2D eigenvalue weighted by molar-refractivity contribution is -0.111. The van der Waals surface area contributed by atoms with Gasteiger partial charge in [-0.15, -0.1) is 0 Å². The molecule has 0 atom stereocenters. The van der Waals surface area contributed by atoms with Crippen molar-refractivity contribution in [3.8, 4) is 0 Å². The first kappa shape index (κ1) is 10.3. The monoisotopic (exact) mass is 200 g/mol. The van der Waals surface area contributed by atoms with Crippen LogP contribution in [0.25, 0.3) is 0 Å². The van der Waals surface area contributed by atoms with Gasteiger partial charge in [0, 0.05) is 18.7 Å². The molecule has 0 unspecified atom stereocenters. The third-order valence-electron chi connectivity index (χ3n) is 2.26. The second-order valence-electron chi connectivity index (χ2n) is 3.12. The summed E-state index contributed by atoms with van der Waals surface area (Å²) >= 11 is 5.25. The van der Waals surface area contributed by atoms with Crippen LogP contribution in [0.15, 0.2) is 0 Å². The Morgan fingerprint density at radius 3 is 2.46 bits per heavy atom. The zero-order chi connectivity index (χ0) is 10.0. The van der Waals surface area contributed by atoms with E-state index in [1.807, 2.05) is 25.5 Å². The van der Waals surface area contributed by atoms with E-state index < -0.39 is 0 Å². The van der Waals surface area contributed by atoms with Gasteiger partial charge < -0.3 is 0 Å². The van der Waals surface area contributed by atoms with E-state index in [4.69, 9.17) is 11.6 Å². The Morgan fingerprint density at radius 1 is 1.46 bits per heavy atom. The Morgan fingerprint density at radius 2 is 2.08 bits per heavy atom. The molecule has 0 amide bonds. The molecule has 0 aromatic carbocycles. The predicted octanol–water partition coefficient (Wildman–Crippen LogP) is 1.96. The fraction of sp³-hybridized carbons (Fsp3) is 0.556. The van der Waals surface area contributed by atoms with Crippen LogP contribution in [0.1, 0.15) is 23.4 Å². The molecule has 0 aliphatic heterocycles. The summed E-state index contributed by atoms with van der Waals surface area (Å²) in [5.74, 6) is 0. The van der Waals surface area contributed by atoms with Crippen LogP contribution in [0.3, 0.4) is 0 Å². The molecule has 1 heterocycles. The van der Waals surface area contributed by atoms with Gasteiger partial charge in [-0.1, -0.05) is 0 Å². The zero-order valence-corrected chi connectivity index (χ0v) is 8.85. The summed E-state index contributed by atoms with van der Waals surface area (Å²) in [6.07, 6.45) is 0.336. The normalized spacial score (nSPS) is 10.5. The minimum Gasteiger partial charge on any atom is -0.281 e. The van der Waals surface area contributed by atoms with E-state index in [1.54, 1.807) is 0 Å². The van der Waals surface area contributed by atoms with E-state index in [2.05, 4.69) is 5.10 Å². The Hall–Kier alpha value is -0.830. The molecule has 0 fully saturated rings. The van der Waals surface area contributed by atoms with Crippen LogP contribution in [-0.2, 0) is 11.3 Å². The van der Waals surface area contributed by atoms with Crippen molar-refractivity contribution in [1.82, 2.24) is 9.78 Å². The van der Waals surface area contributed by atoms with Gasteiger partial charge in [0.05, 0.1) is 5.69 Å². The number of halogens is 1. The van der Waals surface area contributed by atoms with Crippen LogP contribution in [0, 0.1) is 20.8 Å². The highest BCUT2D eigenvalue weighted by atomic mass is 35.5. The third kappa shape index (κ3) is 2.31. The van der Waals surface area contributed by atoms with Crippen molar-refractivity contribution >= 4 is 16.8 Å². The fourth-order valence-corrected chi connectivity index (χ4v) is 1.28. The summed E-state index contributed by atoms with van der Waals surface area (Å²) in [5, 5.41) is 3.97. The van der Waals surface area contributed by atoms with Crippen molar-refractivity contribution in [1.29, 1.82) is 0 Å². The topological polar surface area (TPSA) is 34.9 Å². The molecule has 1 aromatic heterocycles. The number of carbonyl (C=O) groups is 1. The van der Waals surface area contributed by atoms with E-state index in [1.165, 1.54) is 5.56 Å². The van der Waals surface area contributed by atoms with Crippen LogP contribution in [0.2, 0.25) is 0 Å². The molecule has 0 bridgehead atoms. The number of hydrogen-bond donors (Lipinski definition) is 0. The van der Waals surface area contributed by atoms with Crippen LogP contribution < -0.4 is 0 Å². The van der Waals surface area contributed by atoms with Crippen molar-refractivity contribution in [2.45, 2.75) is 33.7 Å². The number of carbonyl (C=O) groups excluding carboxylic acids is 1. The second-order valence-corrected chi connectivity index (χ2v) is 3.55. The zero-order valence-electron chi connectivity index (χ0n) is 8.09. The summed E-state index contributed by atoms with van der Waals surface area (Å²) in [7, 11) is 0. The molecule has 72 valence electrons. The minimum absolute atomic E-state index is 0.315. The minimum atomic E-state index is -0.315. The molecule has 13 heavy (non-hydrogen) atoms. The third-order valence-corrected chi connectivity index (χ3v) is 2.45. The first-order chi connectivity index (χ1) is 6.02. The molecule has 0 saturated heterocycles. The number of aryl methyl sites for hydroxylation is 2. The van der Waals surface area contributed by atoms with E-state index >= 15 is 0 Å². The molecule has 0 saturated carbocycles. The second kappa shape index (κ2) is 3.92. The van der Waals surface area contributed by atoms with Gasteiger partial charge in [0.15, 0.2) is 0 Å². The summed E-state index contributed by atoms with van der Waals surface area (Å²) in [6, 6.07) is 0. The molecule has 4 heteroatoms. The molecule has 0 aliphatic carbocycles. The summed E-state index contributed by atoms with van der Waals surface area (Å²) in [4.78, 5) is 10.5. The van der Waals surface area contributed by atoms with Gasteiger partial charge in [0.2, 0.25) is 5.24 Å². The van der Waals surface area contributed by atoms with Gasteiger partial charge in [0.25, 0.3) is 0 Å². The number of nitrogens with zero attached hydrogens (tertiary/aromatic N) is 2. The summed E-state index contributed by atoms with van der Waals surface area (Å²) in [6.45, 7) is 6.55. The van der Waals surface area contributed by atoms with Crippen molar-refractivity contribution < 1.29 is 4.79 Å². The van der Waals surface area contributed by atoms with E-state index in [9.17, 15) is 4.79 Å². The van der Waals surface area contributed by atoms with Crippen LogP contribution in [-0.4, -0.2) is 15.0 Å². The van der Waals surface area contributed by atoms with Crippen LogP contribution in [0.5, 0.6) is 0 Å². The molecule has 3 nitrogen and oxygen atoms in total. The Balaban J connectivity index is 2.78. The maximum atomic E-state index is 10.5. The van der Waals surface area contributed by atoms with Crippen molar-refractivity contribution in [2.75, 3.05) is 0 Å². The quantitative estimate of drug-likeness (QED) is 0.700. The molecular weight excluding hydrogens is 188 g/mol. The predicted molar refractivity (Wildman–Crippen MR) is 51.9 cm³/mol. The summed E-state index contributed by atoms with van der Waals surface area (Å²) < 4.78 is 1.82. The standard InChI is InChI=1S/C9H13ClN2O/c1-6-7(2)11-12(8(6)3)5-4-9(10)13/h4-5H2,1-3H3. The summed E-state index contributed by atoms with van der Waals surface area (Å²) in [5.41, 5.74) is 3.30. The number of aromatic nitrogens is 2. The van der Waals surface area contributed by atoms with E-state index in [0.717, 1.165) is 11.4 Å². The van der Waals surface area contributed by atoms with Crippen LogP contribution >= 0.6 is 11.6 Å². The van der Waals surface area contributed by atoms with Gasteiger partial charge in [-0.25, -0.2) is 0 Å². The average molecular weight is 201 g/mol. The van der Waals surface area contributed by atoms with Crippen molar-refractivity contribution in [3.05, 3.63) is 17.0 Å². The molecule has 1 aromatic rings. The van der Waals surface area contributed by atoms with Crippen molar-refractivity contribution in [2.24, 2.45) is 0 Å². The Bertz CT molecular complexity index is 331. The SMILES string of the molecule is Cc1nn(CCC(=O)Cl)c(C)c1C. The lowest BCUT2D eigenvalue weighted by atomic mass is 10.2. The van der Waals surface area contributed by atoms with Gasteiger partial charge in [-0.3, -0.25) is 9.48 Å². The Labute approximate surface area is 82.7 Å². The number of rotatable bonds is 3. The highest BCUT2D eigenvalue weighted by molar-refractivity contribution is 6.63. The molecule has 0 radical (unpaired) electrons. The van der Waals surface area contributed by atoms with Crippen molar-refractivity contribution in [3.63, 3.8) is 0 Å². The first-order valence-electron chi connectivity index (χ1n) is 4.21. The molecule has 0 aliphatic rings. The largest absolute Gasteiger partial charge is 0.281 e. The fourth-order valence-electron chi connectivity index (χ4n) is 1.20. The van der Waals surface area contributed by atoms with Crippen LogP contribution in [0.4, 0.5) is 0 Å². The highest BCUT2D eigenvalue weighted by Crippen LogP contribution is 2.11. The first-order valence-corrected chi connectivity index (χ1v) is 4.59. The molecule has 0 N–H and O–H groups in total. The van der Waals surface area contributed by atoms with Gasteiger partial charge in [-0.05, 0) is 37.9 Å². The van der Waals surface area contributed by atoms with Gasteiger partial charge in [0.1, 0.15) is 0 Å². The smallest absolute Gasteiger partial charge is 0.223 e. The lowest BCUT2D eigenvalue weighted by Crippen LogP contribution is -2.05. The van der Waals surface area contributed by atoms with Gasteiger partial charge >= 0.3 is 0 Å². The van der Waals surface area contributed by atoms with Gasteiger partial charge in [-0.2, -0.15) is 5.10 Å². The lowest BCUT2D eigenvalue weighted by Gasteiger charge is -2.00. The molecule has 1 rings (SSSR count). The number of hydrogen-bond acceptors (Lipinski definition) is 2. The maximum absolute atomic E-state index is 10.5.